The molecule has 0 aliphatic rings. The molecule has 0 bridgehead atoms. The van der Waals surface area contributed by atoms with Crippen LogP contribution in [0.1, 0.15) is 0 Å². The Balaban J connectivity index is 2.10. The minimum Gasteiger partial charge on any atom is -0.134 e. The summed E-state index contributed by atoms with van der Waals surface area (Å²) < 4.78 is 2.82. The minimum absolute atomic E-state index is 1.32. The highest BCUT2D eigenvalue weighted by molar-refractivity contribution is 7.27. The van der Waals surface area contributed by atoms with Crippen LogP contribution in [0.3, 0.4) is 0 Å². The lowest BCUT2D eigenvalue weighted by Gasteiger charge is -2.03. The van der Waals surface area contributed by atoms with Gasteiger partial charge in [0.05, 0.1) is 0 Å². The summed E-state index contributed by atoms with van der Waals surface area (Å²) in [6.07, 6.45) is 0. The molecule has 0 saturated heterocycles. The molecule has 0 spiro atoms. The molecule has 0 nitrogen and oxygen atoms in total. The van der Waals surface area contributed by atoms with Crippen LogP contribution in [0.5, 0.6) is 0 Å². The first kappa shape index (κ1) is 12.3. The zero-order chi connectivity index (χ0) is 14.7. The van der Waals surface area contributed by atoms with Crippen molar-refractivity contribution in [2.24, 2.45) is 0 Å². The van der Waals surface area contributed by atoms with E-state index in [1.165, 1.54) is 47.2 Å². The molecule has 5 aromatic rings. The molecule has 0 radical (unpaired) electrons. The molecule has 22 heavy (non-hydrogen) atoms. The van der Waals surface area contributed by atoms with Gasteiger partial charge in [-0.2, -0.15) is 0 Å². The second kappa shape index (κ2) is 4.34. The normalized spacial score (nSPS) is 11.8. The second-order valence-corrected chi connectivity index (χ2v) is 6.90. The van der Waals surface area contributed by atoms with Crippen molar-refractivity contribution in [1.82, 2.24) is 0 Å². The zero-order valence-corrected chi connectivity index (χ0v) is 13.1. The fourth-order valence-corrected chi connectivity index (χ4v) is 4.86. The largest absolute Gasteiger partial charge is 0.140 e. The van der Waals surface area contributed by atoms with Crippen molar-refractivity contribution in [3.63, 3.8) is 0 Å². The lowest BCUT2D eigenvalue weighted by molar-refractivity contribution is 1.82. The van der Waals surface area contributed by atoms with Crippen LogP contribution in [-0.4, -0.2) is 7.85 Å². The number of rotatable bonds is 0. The van der Waals surface area contributed by atoms with Crippen molar-refractivity contribution in [2.45, 2.75) is 0 Å². The first-order chi connectivity index (χ1) is 10.8. The van der Waals surface area contributed by atoms with Crippen LogP contribution < -0.4 is 5.46 Å². The van der Waals surface area contributed by atoms with Gasteiger partial charge in [0.25, 0.3) is 0 Å². The third-order valence-corrected chi connectivity index (χ3v) is 5.86. The van der Waals surface area contributed by atoms with Gasteiger partial charge < -0.3 is 0 Å². The Bertz CT molecular complexity index is 1180. The average Bonchev–Trinajstić information content (AvgIpc) is 2.94. The summed E-state index contributed by atoms with van der Waals surface area (Å²) in [5, 5.41) is 8.20. The van der Waals surface area contributed by atoms with Crippen LogP contribution in [0.2, 0.25) is 0 Å². The fraction of sp³-hybridized carbons (Fsp3) is 0. The second-order valence-electron chi connectivity index (χ2n) is 5.88. The third-order valence-electron chi connectivity index (χ3n) is 4.58. The summed E-state index contributed by atoms with van der Waals surface area (Å²) in [6, 6.07) is 24.3. The van der Waals surface area contributed by atoms with Gasteiger partial charge in [0.1, 0.15) is 7.85 Å². The van der Waals surface area contributed by atoms with Crippen molar-refractivity contribution in [3.05, 3.63) is 66.7 Å². The molecule has 0 N–H and O–H groups in total. The first-order valence-corrected chi connectivity index (χ1v) is 8.37. The summed E-state index contributed by atoms with van der Waals surface area (Å²) in [5.41, 5.74) is 1.36. The molecule has 0 unspecified atom stereocenters. The van der Waals surface area contributed by atoms with Crippen molar-refractivity contribution in [3.8, 4) is 0 Å². The summed E-state index contributed by atoms with van der Waals surface area (Å²) in [5.74, 6) is 0. The highest BCUT2D eigenvalue weighted by Crippen LogP contribution is 2.40. The molecule has 0 aliphatic carbocycles. The van der Waals surface area contributed by atoms with Gasteiger partial charge in [-0.1, -0.05) is 72.2 Å². The molecule has 4 aromatic carbocycles. The Labute approximate surface area is 133 Å². The molecule has 0 saturated carbocycles. The van der Waals surface area contributed by atoms with Crippen molar-refractivity contribution in [2.75, 3.05) is 0 Å². The zero-order valence-electron chi connectivity index (χ0n) is 12.3. The van der Waals surface area contributed by atoms with E-state index in [4.69, 9.17) is 0 Å². The maximum atomic E-state index is 2.35. The summed E-state index contributed by atoms with van der Waals surface area (Å²) >= 11 is 1.93. The molecule has 5 rings (SSSR count). The standard InChI is InChI=1S/C20H13BS/c21-18-11-17-16-10-9-12-5-1-2-6-13(12)19(16)22-20(17)15-8-4-3-7-14(15)18/h1-11H,21H2. The van der Waals surface area contributed by atoms with Gasteiger partial charge in [0.2, 0.25) is 0 Å². The van der Waals surface area contributed by atoms with E-state index in [1.807, 2.05) is 11.3 Å². The van der Waals surface area contributed by atoms with Crippen LogP contribution in [0.4, 0.5) is 0 Å². The van der Waals surface area contributed by atoms with Gasteiger partial charge in [-0.25, -0.2) is 0 Å². The molecule has 102 valence electrons. The van der Waals surface area contributed by atoms with Gasteiger partial charge in [-0.15, -0.1) is 11.3 Å². The lowest BCUT2D eigenvalue weighted by atomic mass is 9.88. The molecule has 1 aromatic heterocycles. The molecule has 0 atom stereocenters. The predicted molar refractivity (Wildman–Crippen MR) is 103 cm³/mol. The third kappa shape index (κ3) is 1.53. The van der Waals surface area contributed by atoms with Crippen molar-refractivity contribution < 1.29 is 0 Å². The van der Waals surface area contributed by atoms with Gasteiger partial charge >= 0.3 is 0 Å². The average molecular weight is 296 g/mol. The van der Waals surface area contributed by atoms with Crippen LogP contribution in [0.15, 0.2) is 66.7 Å². The molecule has 0 amide bonds. The maximum absolute atomic E-state index is 2.35. The molecule has 0 fully saturated rings. The first-order valence-electron chi connectivity index (χ1n) is 7.55. The van der Waals surface area contributed by atoms with E-state index < -0.39 is 0 Å². The minimum atomic E-state index is 1.32. The Morgan fingerprint density at radius 2 is 1.23 bits per heavy atom. The summed E-state index contributed by atoms with van der Waals surface area (Å²) in [6.45, 7) is 0. The Morgan fingerprint density at radius 3 is 2.09 bits per heavy atom. The molecule has 1 heterocycles. The number of benzene rings is 4. The topological polar surface area (TPSA) is 0 Å². The number of hydrogen-bond donors (Lipinski definition) is 0. The number of fused-ring (bicyclic) bond motifs is 7. The van der Waals surface area contributed by atoms with Gasteiger partial charge in [-0.3, -0.25) is 0 Å². The van der Waals surface area contributed by atoms with Gasteiger partial charge in [0, 0.05) is 20.2 Å². The number of thiophene rings is 1. The molecular weight excluding hydrogens is 283 g/mol. The van der Waals surface area contributed by atoms with E-state index in [9.17, 15) is 0 Å². The number of hydrogen-bond acceptors (Lipinski definition) is 1. The van der Waals surface area contributed by atoms with Crippen LogP contribution in [0.25, 0.3) is 41.7 Å². The van der Waals surface area contributed by atoms with E-state index >= 15 is 0 Å². The molecular formula is C20H13BS. The quantitative estimate of drug-likeness (QED) is 0.366. The highest BCUT2D eigenvalue weighted by Gasteiger charge is 2.11. The molecule has 2 heteroatoms. The van der Waals surface area contributed by atoms with Crippen LogP contribution >= 0.6 is 11.3 Å². The van der Waals surface area contributed by atoms with Gasteiger partial charge in [0.15, 0.2) is 0 Å². The lowest BCUT2D eigenvalue weighted by Crippen LogP contribution is -2.02. The SMILES string of the molecule is Bc1cc2c3ccc4ccccc4c3sc2c2ccccc12. The molecule has 0 aliphatic heterocycles. The fourth-order valence-electron chi connectivity index (χ4n) is 3.51. The predicted octanol–water partition coefficient (Wildman–Crippen LogP) is 4.62. The summed E-state index contributed by atoms with van der Waals surface area (Å²) in [4.78, 5) is 0. The van der Waals surface area contributed by atoms with Crippen molar-refractivity contribution in [1.29, 1.82) is 0 Å². The van der Waals surface area contributed by atoms with E-state index in [1.54, 1.807) is 0 Å². The maximum Gasteiger partial charge on any atom is 0.140 e. The van der Waals surface area contributed by atoms with Gasteiger partial charge in [-0.05, 0) is 21.5 Å². The van der Waals surface area contributed by atoms with Crippen LogP contribution in [-0.2, 0) is 0 Å². The monoisotopic (exact) mass is 296 g/mol. The van der Waals surface area contributed by atoms with E-state index in [2.05, 4.69) is 74.6 Å². The van der Waals surface area contributed by atoms with Crippen LogP contribution in [0, 0.1) is 0 Å². The Hall–Kier alpha value is -2.32. The van der Waals surface area contributed by atoms with E-state index in [0.717, 1.165) is 0 Å². The van der Waals surface area contributed by atoms with E-state index in [-0.39, 0.29) is 0 Å². The smallest absolute Gasteiger partial charge is 0.134 e. The highest BCUT2D eigenvalue weighted by atomic mass is 32.1. The van der Waals surface area contributed by atoms with E-state index in [0.29, 0.717) is 0 Å². The Kier molecular flexibility index (Phi) is 2.42. The Morgan fingerprint density at radius 1 is 0.591 bits per heavy atom. The summed E-state index contributed by atoms with van der Waals surface area (Å²) in [7, 11) is 2.21. The van der Waals surface area contributed by atoms with Crippen molar-refractivity contribution >= 4 is 66.4 Å².